The molecule has 102 valence electrons. The van der Waals surface area contributed by atoms with Crippen LogP contribution in [-0.4, -0.2) is 17.4 Å². The van der Waals surface area contributed by atoms with Gasteiger partial charge in [0.25, 0.3) is 0 Å². The Bertz CT molecular complexity index is 649. The first-order chi connectivity index (χ1) is 9.78. The number of carbonyl (C=O) groups is 1. The van der Waals surface area contributed by atoms with Crippen molar-refractivity contribution >= 4 is 5.78 Å². The molecule has 0 radical (unpaired) electrons. The molecule has 0 bridgehead atoms. The van der Waals surface area contributed by atoms with Crippen molar-refractivity contribution < 1.29 is 9.53 Å². The van der Waals surface area contributed by atoms with Crippen molar-refractivity contribution in [2.24, 2.45) is 0 Å². The number of hydrogen-bond acceptors (Lipinski definition) is 3. The predicted molar refractivity (Wildman–Crippen MR) is 77.3 cm³/mol. The Labute approximate surface area is 118 Å². The van der Waals surface area contributed by atoms with Crippen LogP contribution in [0.1, 0.15) is 40.4 Å². The number of hydrogen-bond donors (Lipinski definition) is 0. The first-order valence-corrected chi connectivity index (χ1v) is 7.02. The molecule has 1 heterocycles. The van der Waals surface area contributed by atoms with Gasteiger partial charge in [-0.1, -0.05) is 12.1 Å². The van der Waals surface area contributed by atoms with Crippen LogP contribution < -0.4 is 4.74 Å². The maximum atomic E-state index is 12.5. The number of ketones is 1. The van der Waals surface area contributed by atoms with E-state index in [0.29, 0.717) is 17.9 Å². The number of nitrogens with zero attached hydrogens (tertiary/aromatic N) is 1. The number of benzene rings is 1. The van der Waals surface area contributed by atoms with Gasteiger partial charge in [0.1, 0.15) is 5.75 Å². The molecule has 0 saturated heterocycles. The van der Waals surface area contributed by atoms with E-state index < -0.39 is 0 Å². The summed E-state index contributed by atoms with van der Waals surface area (Å²) in [6, 6.07) is 7.78. The summed E-state index contributed by atoms with van der Waals surface area (Å²) in [6.45, 7) is 2.48. The Kier molecular flexibility index (Phi) is 3.50. The molecule has 3 rings (SSSR count). The van der Waals surface area contributed by atoms with Crippen molar-refractivity contribution in [1.29, 1.82) is 0 Å². The van der Waals surface area contributed by atoms with Crippen molar-refractivity contribution in [1.82, 2.24) is 4.98 Å². The molecular formula is C17H17NO2. The number of carbonyl (C=O) groups excluding carboxylic acids is 1. The number of aromatic nitrogens is 1. The molecule has 0 amide bonds. The lowest BCUT2D eigenvalue weighted by Gasteiger charge is -2.06. The van der Waals surface area contributed by atoms with Crippen LogP contribution in [0.15, 0.2) is 36.7 Å². The molecule has 0 N–H and O–H groups in total. The van der Waals surface area contributed by atoms with E-state index in [1.165, 1.54) is 17.5 Å². The van der Waals surface area contributed by atoms with Crippen LogP contribution in [0.3, 0.4) is 0 Å². The van der Waals surface area contributed by atoms with Gasteiger partial charge >= 0.3 is 0 Å². The van der Waals surface area contributed by atoms with Gasteiger partial charge in [-0.2, -0.15) is 0 Å². The van der Waals surface area contributed by atoms with Crippen molar-refractivity contribution in [2.45, 2.75) is 26.2 Å². The second-order valence-corrected chi connectivity index (χ2v) is 5.01. The monoisotopic (exact) mass is 267 g/mol. The molecule has 0 unspecified atom stereocenters. The second kappa shape index (κ2) is 5.45. The topological polar surface area (TPSA) is 39.2 Å². The van der Waals surface area contributed by atoms with Crippen molar-refractivity contribution in [2.75, 3.05) is 6.61 Å². The van der Waals surface area contributed by atoms with Crippen LogP contribution in [0.2, 0.25) is 0 Å². The standard InChI is InChI=1S/C17H17NO2/c1-2-20-16-9-15(10-18-11-16)17(19)14-7-6-12-4-3-5-13(12)8-14/h6-11H,2-5H2,1H3. The zero-order chi connectivity index (χ0) is 13.9. The van der Waals surface area contributed by atoms with Gasteiger partial charge in [-0.05, 0) is 49.4 Å². The Morgan fingerprint density at radius 1 is 1.15 bits per heavy atom. The first-order valence-electron chi connectivity index (χ1n) is 7.02. The third-order valence-electron chi connectivity index (χ3n) is 3.65. The zero-order valence-corrected chi connectivity index (χ0v) is 11.6. The number of rotatable bonds is 4. The van der Waals surface area contributed by atoms with Crippen LogP contribution in [0.5, 0.6) is 5.75 Å². The summed E-state index contributed by atoms with van der Waals surface area (Å²) < 4.78 is 5.39. The van der Waals surface area contributed by atoms with Crippen molar-refractivity contribution in [3.05, 3.63) is 58.9 Å². The van der Waals surface area contributed by atoms with Gasteiger partial charge in [-0.15, -0.1) is 0 Å². The van der Waals surface area contributed by atoms with Gasteiger partial charge in [0.2, 0.25) is 0 Å². The minimum absolute atomic E-state index is 0.00810. The number of fused-ring (bicyclic) bond motifs is 1. The molecule has 1 aromatic heterocycles. The Morgan fingerprint density at radius 3 is 2.85 bits per heavy atom. The maximum absolute atomic E-state index is 12.5. The SMILES string of the molecule is CCOc1cncc(C(=O)c2ccc3c(c2)CCC3)c1. The van der Waals surface area contributed by atoms with Crippen LogP contribution in [0.25, 0.3) is 0 Å². The molecule has 0 fully saturated rings. The van der Waals surface area contributed by atoms with E-state index in [4.69, 9.17) is 4.74 Å². The van der Waals surface area contributed by atoms with Gasteiger partial charge in [-0.3, -0.25) is 9.78 Å². The molecule has 0 aliphatic heterocycles. The lowest BCUT2D eigenvalue weighted by Crippen LogP contribution is -2.04. The molecule has 1 aromatic carbocycles. The lowest BCUT2D eigenvalue weighted by atomic mass is 10.0. The average molecular weight is 267 g/mol. The predicted octanol–water partition coefficient (Wildman–Crippen LogP) is 3.20. The smallest absolute Gasteiger partial charge is 0.194 e. The van der Waals surface area contributed by atoms with E-state index in [0.717, 1.165) is 18.4 Å². The highest BCUT2D eigenvalue weighted by molar-refractivity contribution is 6.09. The third kappa shape index (κ3) is 2.44. The van der Waals surface area contributed by atoms with E-state index >= 15 is 0 Å². The van der Waals surface area contributed by atoms with Crippen molar-refractivity contribution in [3.63, 3.8) is 0 Å². The number of pyridine rings is 1. The summed E-state index contributed by atoms with van der Waals surface area (Å²) in [5.74, 6) is 0.647. The fourth-order valence-electron chi connectivity index (χ4n) is 2.67. The van der Waals surface area contributed by atoms with Crippen LogP contribution in [0, 0.1) is 0 Å². The van der Waals surface area contributed by atoms with Gasteiger partial charge in [-0.25, -0.2) is 0 Å². The number of ether oxygens (including phenoxy) is 1. The molecule has 3 nitrogen and oxygen atoms in total. The molecule has 3 heteroatoms. The molecule has 0 atom stereocenters. The highest BCUT2D eigenvalue weighted by Crippen LogP contribution is 2.24. The largest absolute Gasteiger partial charge is 0.492 e. The van der Waals surface area contributed by atoms with E-state index in [-0.39, 0.29) is 5.78 Å². The highest BCUT2D eigenvalue weighted by Gasteiger charge is 2.15. The summed E-state index contributed by atoms with van der Waals surface area (Å²) in [5, 5.41) is 0. The molecule has 20 heavy (non-hydrogen) atoms. The maximum Gasteiger partial charge on any atom is 0.194 e. The molecule has 1 aliphatic carbocycles. The zero-order valence-electron chi connectivity index (χ0n) is 11.6. The molecule has 2 aromatic rings. The van der Waals surface area contributed by atoms with E-state index in [1.807, 2.05) is 19.1 Å². The summed E-state index contributed by atoms with van der Waals surface area (Å²) in [4.78, 5) is 16.6. The molecule has 0 spiro atoms. The Hall–Kier alpha value is -2.16. The summed E-state index contributed by atoms with van der Waals surface area (Å²) in [5.41, 5.74) is 4.00. The van der Waals surface area contributed by atoms with Gasteiger partial charge in [0.15, 0.2) is 5.78 Å². The highest BCUT2D eigenvalue weighted by atomic mass is 16.5. The summed E-state index contributed by atoms with van der Waals surface area (Å²) >= 11 is 0. The lowest BCUT2D eigenvalue weighted by molar-refractivity contribution is 0.103. The molecular weight excluding hydrogens is 250 g/mol. The fourth-order valence-corrected chi connectivity index (χ4v) is 2.67. The fraction of sp³-hybridized carbons (Fsp3) is 0.294. The van der Waals surface area contributed by atoms with Crippen LogP contribution in [-0.2, 0) is 12.8 Å². The molecule has 1 aliphatic rings. The van der Waals surface area contributed by atoms with Gasteiger partial charge in [0, 0.05) is 17.3 Å². The normalized spacial score (nSPS) is 13.1. The van der Waals surface area contributed by atoms with Gasteiger partial charge in [0.05, 0.1) is 12.8 Å². The van der Waals surface area contributed by atoms with Crippen LogP contribution in [0.4, 0.5) is 0 Å². The minimum atomic E-state index is 0.00810. The Balaban J connectivity index is 1.90. The summed E-state index contributed by atoms with van der Waals surface area (Å²) in [6.07, 6.45) is 6.62. The van der Waals surface area contributed by atoms with Gasteiger partial charge < -0.3 is 4.74 Å². The number of aryl methyl sites for hydroxylation is 2. The van der Waals surface area contributed by atoms with Crippen molar-refractivity contribution in [3.8, 4) is 5.75 Å². The minimum Gasteiger partial charge on any atom is -0.492 e. The van der Waals surface area contributed by atoms with E-state index in [2.05, 4.69) is 11.1 Å². The average Bonchev–Trinajstić information content (AvgIpc) is 2.94. The quantitative estimate of drug-likeness (QED) is 0.798. The van der Waals surface area contributed by atoms with Crippen LogP contribution >= 0.6 is 0 Å². The molecule has 0 saturated carbocycles. The second-order valence-electron chi connectivity index (χ2n) is 5.01. The van der Waals surface area contributed by atoms with E-state index in [9.17, 15) is 4.79 Å². The van der Waals surface area contributed by atoms with E-state index in [1.54, 1.807) is 18.5 Å². The summed E-state index contributed by atoms with van der Waals surface area (Å²) in [7, 11) is 0. The third-order valence-corrected chi connectivity index (χ3v) is 3.65. The first kappa shape index (κ1) is 12.9. The Morgan fingerprint density at radius 2 is 2.00 bits per heavy atom.